The lowest BCUT2D eigenvalue weighted by Crippen LogP contribution is -2.50. The van der Waals surface area contributed by atoms with Crippen LogP contribution in [-0.2, 0) is 30.2 Å². The van der Waals surface area contributed by atoms with Gasteiger partial charge in [0, 0.05) is 57.4 Å². The number of nitrogens with zero attached hydrogens (tertiary/aromatic N) is 5. The number of benzene rings is 1. The fourth-order valence-corrected chi connectivity index (χ4v) is 5.56. The first-order chi connectivity index (χ1) is 19.1. The average molecular weight is 567 g/mol. The van der Waals surface area contributed by atoms with Crippen molar-refractivity contribution < 1.29 is 22.7 Å². The Morgan fingerprint density at radius 1 is 1.10 bits per heavy atom. The van der Waals surface area contributed by atoms with Crippen LogP contribution < -0.4 is 10.1 Å². The second kappa shape index (κ2) is 11.4. The van der Waals surface area contributed by atoms with Crippen LogP contribution in [0.15, 0.2) is 42.6 Å². The van der Waals surface area contributed by atoms with E-state index in [1.807, 2.05) is 31.2 Å². The lowest BCUT2D eigenvalue weighted by molar-refractivity contribution is 0.0692. The normalized spacial score (nSPS) is 16.1. The third kappa shape index (κ3) is 6.34. The van der Waals surface area contributed by atoms with E-state index in [4.69, 9.17) is 4.74 Å². The van der Waals surface area contributed by atoms with E-state index >= 15 is 0 Å². The standard InChI is InChI=1S/C28H34N6O5S/c1-19-22(17-30-27(35)25-15-24(21-8-9-21)31-32(25)2)5-4-6-26(19)39-18-20-7-10-23(29-16-20)28(36)33-11-13-34(14-12-33)40(3,37)38/h4-7,10,15-16,21H,8-9,11-14,17-18H2,1-3H3,(H,30,35). The molecule has 1 aliphatic heterocycles. The second-order valence-corrected chi connectivity index (χ2v) is 12.4. The van der Waals surface area contributed by atoms with E-state index in [9.17, 15) is 18.0 Å². The highest BCUT2D eigenvalue weighted by Crippen LogP contribution is 2.39. The molecule has 2 amide bonds. The van der Waals surface area contributed by atoms with Crippen LogP contribution in [0.25, 0.3) is 0 Å². The van der Waals surface area contributed by atoms with Gasteiger partial charge in [-0.3, -0.25) is 19.3 Å². The summed E-state index contributed by atoms with van der Waals surface area (Å²) in [6, 6.07) is 11.1. The van der Waals surface area contributed by atoms with Gasteiger partial charge >= 0.3 is 0 Å². The summed E-state index contributed by atoms with van der Waals surface area (Å²) < 4.78 is 32.5. The highest BCUT2D eigenvalue weighted by atomic mass is 32.2. The molecule has 1 saturated heterocycles. The monoisotopic (exact) mass is 566 g/mol. The van der Waals surface area contributed by atoms with Crippen LogP contribution in [0.1, 0.15) is 62.1 Å². The minimum absolute atomic E-state index is 0.161. The van der Waals surface area contributed by atoms with Crippen molar-refractivity contribution in [2.24, 2.45) is 7.05 Å². The van der Waals surface area contributed by atoms with E-state index < -0.39 is 10.0 Å². The first-order valence-corrected chi connectivity index (χ1v) is 15.2. The number of nitrogens with one attached hydrogen (secondary N) is 1. The molecule has 3 aromatic rings. The predicted octanol–water partition coefficient (Wildman–Crippen LogP) is 2.23. The second-order valence-electron chi connectivity index (χ2n) is 10.4. The molecule has 1 saturated carbocycles. The molecule has 212 valence electrons. The highest BCUT2D eigenvalue weighted by molar-refractivity contribution is 7.88. The Morgan fingerprint density at radius 3 is 2.50 bits per heavy atom. The first-order valence-electron chi connectivity index (χ1n) is 13.3. The SMILES string of the molecule is Cc1c(CNC(=O)c2cc(C3CC3)nn2C)cccc1OCc1ccc(C(=O)N2CCN(S(C)(=O)=O)CC2)nc1. The maximum Gasteiger partial charge on any atom is 0.272 e. The summed E-state index contributed by atoms with van der Waals surface area (Å²) >= 11 is 0. The molecule has 11 nitrogen and oxygen atoms in total. The number of piperazine rings is 1. The minimum Gasteiger partial charge on any atom is -0.489 e. The van der Waals surface area contributed by atoms with E-state index in [2.05, 4.69) is 15.4 Å². The van der Waals surface area contributed by atoms with Gasteiger partial charge in [0.05, 0.1) is 11.9 Å². The maximum atomic E-state index is 12.8. The molecule has 40 heavy (non-hydrogen) atoms. The Hall–Kier alpha value is -3.77. The van der Waals surface area contributed by atoms with Crippen molar-refractivity contribution in [1.29, 1.82) is 0 Å². The summed E-state index contributed by atoms with van der Waals surface area (Å²) in [5.74, 6) is 0.805. The molecule has 0 radical (unpaired) electrons. The lowest BCUT2D eigenvalue weighted by atomic mass is 10.1. The van der Waals surface area contributed by atoms with Crippen molar-refractivity contribution in [2.75, 3.05) is 32.4 Å². The lowest BCUT2D eigenvalue weighted by Gasteiger charge is -2.33. The third-order valence-corrected chi connectivity index (χ3v) is 8.70. The predicted molar refractivity (Wildman–Crippen MR) is 148 cm³/mol. The molecule has 0 bridgehead atoms. The molecule has 12 heteroatoms. The summed E-state index contributed by atoms with van der Waals surface area (Å²) in [5.41, 5.74) is 4.53. The molecule has 1 N–H and O–H groups in total. The van der Waals surface area contributed by atoms with Crippen molar-refractivity contribution in [3.8, 4) is 5.75 Å². The van der Waals surface area contributed by atoms with Gasteiger partial charge in [0.15, 0.2) is 0 Å². The van der Waals surface area contributed by atoms with Gasteiger partial charge < -0.3 is 15.0 Å². The zero-order valence-electron chi connectivity index (χ0n) is 23.0. The Bertz CT molecular complexity index is 1510. The summed E-state index contributed by atoms with van der Waals surface area (Å²) in [4.78, 5) is 31.5. The summed E-state index contributed by atoms with van der Waals surface area (Å²) in [7, 11) is -1.47. The number of ether oxygens (including phenoxy) is 1. The van der Waals surface area contributed by atoms with E-state index in [0.29, 0.717) is 42.7 Å². The van der Waals surface area contributed by atoms with Crippen LogP contribution in [0, 0.1) is 6.92 Å². The van der Waals surface area contributed by atoms with E-state index in [0.717, 1.165) is 35.2 Å². The van der Waals surface area contributed by atoms with E-state index in [-0.39, 0.29) is 31.5 Å². The molecule has 1 aliphatic carbocycles. The van der Waals surface area contributed by atoms with Crippen LogP contribution in [0.4, 0.5) is 0 Å². The molecular formula is C28H34N6O5S. The molecule has 3 heterocycles. The van der Waals surface area contributed by atoms with Crippen LogP contribution in [-0.4, -0.2) is 76.6 Å². The topological polar surface area (TPSA) is 127 Å². The number of hydrogen-bond acceptors (Lipinski definition) is 7. The van der Waals surface area contributed by atoms with Gasteiger partial charge in [0.25, 0.3) is 11.8 Å². The Morgan fingerprint density at radius 2 is 1.85 bits per heavy atom. The number of pyridine rings is 1. The molecule has 2 fully saturated rings. The molecular weight excluding hydrogens is 532 g/mol. The highest BCUT2D eigenvalue weighted by Gasteiger charge is 2.28. The number of sulfonamides is 1. The van der Waals surface area contributed by atoms with Crippen molar-refractivity contribution in [2.45, 2.75) is 38.8 Å². The number of hydrogen-bond donors (Lipinski definition) is 1. The fraction of sp³-hybridized carbons (Fsp3) is 0.429. The number of carbonyl (C=O) groups excluding carboxylic acids is 2. The molecule has 5 rings (SSSR count). The zero-order valence-corrected chi connectivity index (χ0v) is 23.8. The van der Waals surface area contributed by atoms with Gasteiger partial charge in [0.1, 0.15) is 23.7 Å². The summed E-state index contributed by atoms with van der Waals surface area (Å²) in [5, 5.41) is 7.46. The van der Waals surface area contributed by atoms with Gasteiger partial charge in [0.2, 0.25) is 10.0 Å². The van der Waals surface area contributed by atoms with Crippen LogP contribution in [0.3, 0.4) is 0 Å². The molecule has 0 spiro atoms. The van der Waals surface area contributed by atoms with Crippen molar-refractivity contribution >= 4 is 21.8 Å². The Kier molecular flexibility index (Phi) is 7.90. The molecule has 2 aromatic heterocycles. The smallest absolute Gasteiger partial charge is 0.272 e. The minimum atomic E-state index is -3.26. The van der Waals surface area contributed by atoms with Crippen LogP contribution >= 0.6 is 0 Å². The number of aryl methyl sites for hydroxylation is 1. The zero-order chi connectivity index (χ0) is 28.4. The number of rotatable bonds is 9. The van der Waals surface area contributed by atoms with Gasteiger partial charge in [-0.15, -0.1) is 0 Å². The summed E-state index contributed by atoms with van der Waals surface area (Å²) in [6.45, 7) is 3.81. The number of carbonyl (C=O) groups is 2. The Balaban J connectivity index is 1.14. The third-order valence-electron chi connectivity index (χ3n) is 7.40. The number of aromatic nitrogens is 3. The average Bonchev–Trinajstić information content (AvgIpc) is 3.72. The summed E-state index contributed by atoms with van der Waals surface area (Å²) in [6.07, 6.45) is 5.06. The van der Waals surface area contributed by atoms with Crippen LogP contribution in [0.2, 0.25) is 0 Å². The van der Waals surface area contributed by atoms with Gasteiger partial charge in [-0.1, -0.05) is 18.2 Å². The van der Waals surface area contributed by atoms with Crippen LogP contribution in [0.5, 0.6) is 5.75 Å². The van der Waals surface area contributed by atoms with Crippen molar-refractivity contribution in [1.82, 2.24) is 29.3 Å². The quantitative estimate of drug-likeness (QED) is 0.421. The van der Waals surface area contributed by atoms with Crippen molar-refractivity contribution in [3.05, 3.63) is 76.4 Å². The van der Waals surface area contributed by atoms with Crippen molar-refractivity contribution in [3.63, 3.8) is 0 Å². The molecule has 2 aliphatic rings. The largest absolute Gasteiger partial charge is 0.489 e. The maximum absolute atomic E-state index is 12.8. The Labute approximate surface area is 234 Å². The molecule has 0 unspecified atom stereocenters. The van der Waals surface area contributed by atoms with Gasteiger partial charge in [-0.2, -0.15) is 9.40 Å². The van der Waals surface area contributed by atoms with E-state index in [1.165, 1.54) is 10.6 Å². The van der Waals surface area contributed by atoms with Gasteiger partial charge in [-0.05, 0) is 49.1 Å². The van der Waals surface area contributed by atoms with Gasteiger partial charge in [-0.25, -0.2) is 8.42 Å². The number of amides is 2. The van der Waals surface area contributed by atoms with E-state index in [1.54, 1.807) is 35.0 Å². The first kappa shape index (κ1) is 27.8. The molecule has 1 aromatic carbocycles. The molecule has 0 atom stereocenters. The fourth-order valence-electron chi connectivity index (χ4n) is 4.74.